The Morgan fingerprint density at radius 1 is 1.14 bits per heavy atom. The first kappa shape index (κ1) is 18.3. The minimum Gasteiger partial charge on any atom is -0.371 e. The van der Waals surface area contributed by atoms with Crippen LogP contribution in [0.15, 0.2) is 42.5 Å². The smallest absolute Gasteiger partial charge is 0.371 e. The number of non-ortho nitro benzene ring substituents is 1. The quantitative estimate of drug-likeness (QED) is 0.511. The number of aromatic amines is 1. The fourth-order valence-electron chi connectivity index (χ4n) is 3.70. The van der Waals surface area contributed by atoms with Crippen LogP contribution >= 0.6 is 0 Å². The summed E-state index contributed by atoms with van der Waals surface area (Å²) in [5, 5.41) is 10.9. The predicted molar refractivity (Wildman–Crippen MR) is 98.4 cm³/mol. The number of hydrogen-bond acceptors (Lipinski definition) is 4. The number of alkyl halides is 3. The molecular weight excluding hydrogens is 373 g/mol. The Labute approximate surface area is 158 Å². The molecule has 0 spiro atoms. The van der Waals surface area contributed by atoms with E-state index in [9.17, 15) is 23.3 Å². The molecule has 1 aromatic heterocycles. The number of piperidine rings is 1. The Morgan fingerprint density at radius 3 is 2.50 bits per heavy atom. The summed E-state index contributed by atoms with van der Waals surface area (Å²) in [5.74, 6) is 0.983. The molecule has 1 fully saturated rings. The molecule has 0 radical (unpaired) electrons. The molecule has 146 valence electrons. The highest BCUT2D eigenvalue weighted by molar-refractivity contribution is 5.74. The van der Waals surface area contributed by atoms with E-state index in [1.807, 2.05) is 24.3 Å². The molecule has 4 rings (SSSR count). The Hall–Kier alpha value is -3.10. The number of nitro benzene ring substituents is 1. The van der Waals surface area contributed by atoms with Gasteiger partial charge in [-0.1, -0.05) is 12.1 Å². The lowest BCUT2D eigenvalue weighted by atomic mass is 9.95. The Balaban J connectivity index is 1.55. The highest BCUT2D eigenvalue weighted by Gasteiger charge is 2.37. The van der Waals surface area contributed by atoms with Crippen LogP contribution in [0.5, 0.6) is 0 Å². The molecule has 0 unspecified atom stereocenters. The maximum atomic E-state index is 13.4. The van der Waals surface area contributed by atoms with Crippen molar-refractivity contribution in [3.05, 3.63) is 64.0 Å². The molecule has 0 saturated carbocycles. The summed E-state index contributed by atoms with van der Waals surface area (Å²) >= 11 is 0. The maximum Gasteiger partial charge on any atom is 0.418 e. The molecule has 0 amide bonds. The van der Waals surface area contributed by atoms with Crippen LogP contribution in [0.4, 0.5) is 24.5 Å². The largest absolute Gasteiger partial charge is 0.418 e. The molecule has 2 heterocycles. The third kappa shape index (κ3) is 3.39. The highest BCUT2D eigenvalue weighted by atomic mass is 19.4. The van der Waals surface area contributed by atoms with E-state index in [-0.39, 0.29) is 11.6 Å². The van der Waals surface area contributed by atoms with Crippen LogP contribution in [0.25, 0.3) is 11.0 Å². The van der Waals surface area contributed by atoms with E-state index in [0.717, 1.165) is 22.9 Å². The lowest BCUT2D eigenvalue weighted by Crippen LogP contribution is -2.34. The first-order valence-electron chi connectivity index (χ1n) is 8.88. The van der Waals surface area contributed by atoms with Crippen LogP contribution in [0, 0.1) is 10.1 Å². The maximum absolute atomic E-state index is 13.4. The monoisotopic (exact) mass is 390 g/mol. The van der Waals surface area contributed by atoms with Gasteiger partial charge in [-0.2, -0.15) is 13.2 Å². The lowest BCUT2D eigenvalue weighted by molar-refractivity contribution is -0.385. The molecule has 2 aromatic carbocycles. The number of aromatic nitrogens is 2. The first-order chi connectivity index (χ1) is 13.3. The fraction of sp³-hybridized carbons (Fsp3) is 0.316. The number of anilines is 1. The van der Waals surface area contributed by atoms with E-state index in [1.54, 1.807) is 4.90 Å². The van der Waals surface area contributed by atoms with Crippen molar-refractivity contribution in [1.29, 1.82) is 0 Å². The number of nitrogens with one attached hydrogen (secondary N) is 1. The van der Waals surface area contributed by atoms with E-state index in [1.165, 1.54) is 6.07 Å². The predicted octanol–water partition coefficient (Wildman–Crippen LogP) is 4.87. The molecule has 1 saturated heterocycles. The van der Waals surface area contributed by atoms with Crippen molar-refractivity contribution >= 4 is 22.4 Å². The van der Waals surface area contributed by atoms with Gasteiger partial charge >= 0.3 is 6.18 Å². The molecule has 0 aliphatic carbocycles. The number of rotatable bonds is 3. The molecule has 28 heavy (non-hydrogen) atoms. The molecule has 1 aliphatic heterocycles. The summed E-state index contributed by atoms with van der Waals surface area (Å²) in [6, 6.07) is 10.6. The molecular formula is C19H17F3N4O2. The van der Waals surface area contributed by atoms with Crippen LogP contribution in [-0.2, 0) is 6.18 Å². The molecule has 9 heteroatoms. The van der Waals surface area contributed by atoms with Crippen LogP contribution in [-0.4, -0.2) is 28.0 Å². The Kier molecular flexibility index (Phi) is 4.44. The van der Waals surface area contributed by atoms with Crippen molar-refractivity contribution in [2.45, 2.75) is 24.9 Å². The summed E-state index contributed by atoms with van der Waals surface area (Å²) in [4.78, 5) is 19.6. The van der Waals surface area contributed by atoms with Crippen molar-refractivity contribution in [1.82, 2.24) is 9.97 Å². The number of para-hydroxylation sites is 2. The SMILES string of the molecule is O=[N+]([O-])c1ccc(N2CCC(c3nc4ccccc4[nH]3)CC2)c(C(F)(F)F)c1. The normalized spacial score (nSPS) is 15.9. The van der Waals surface area contributed by atoms with Crippen molar-refractivity contribution in [3.8, 4) is 0 Å². The molecule has 0 bridgehead atoms. The van der Waals surface area contributed by atoms with Gasteiger partial charge in [0.1, 0.15) is 5.82 Å². The number of halogens is 3. The van der Waals surface area contributed by atoms with Crippen LogP contribution < -0.4 is 4.90 Å². The van der Waals surface area contributed by atoms with Crippen LogP contribution in [0.1, 0.15) is 30.1 Å². The van der Waals surface area contributed by atoms with Gasteiger partial charge in [-0.05, 0) is 31.0 Å². The topological polar surface area (TPSA) is 75.1 Å². The van der Waals surface area contributed by atoms with Gasteiger partial charge in [-0.25, -0.2) is 4.98 Å². The number of hydrogen-bond donors (Lipinski definition) is 1. The van der Waals surface area contributed by atoms with Gasteiger partial charge in [0.2, 0.25) is 0 Å². The molecule has 1 aliphatic rings. The number of H-pyrrole nitrogens is 1. The van der Waals surface area contributed by atoms with E-state index in [0.29, 0.717) is 32.0 Å². The number of nitro groups is 1. The van der Waals surface area contributed by atoms with Crippen LogP contribution in [0.2, 0.25) is 0 Å². The Bertz CT molecular complexity index is 990. The highest BCUT2D eigenvalue weighted by Crippen LogP contribution is 2.40. The fourth-order valence-corrected chi connectivity index (χ4v) is 3.70. The Morgan fingerprint density at radius 2 is 1.86 bits per heavy atom. The summed E-state index contributed by atoms with van der Waals surface area (Å²) < 4.78 is 40.3. The van der Waals surface area contributed by atoms with Gasteiger partial charge in [-0.15, -0.1) is 0 Å². The second-order valence-electron chi connectivity index (χ2n) is 6.86. The average Bonchev–Trinajstić information content (AvgIpc) is 3.11. The van der Waals surface area contributed by atoms with E-state index >= 15 is 0 Å². The molecule has 3 aromatic rings. The van der Waals surface area contributed by atoms with Crippen molar-refractivity contribution in [3.63, 3.8) is 0 Å². The van der Waals surface area contributed by atoms with Crippen molar-refractivity contribution in [2.24, 2.45) is 0 Å². The van der Waals surface area contributed by atoms with Gasteiger partial charge in [0.25, 0.3) is 5.69 Å². The third-order valence-electron chi connectivity index (χ3n) is 5.13. The molecule has 6 nitrogen and oxygen atoms in total. The number of imidazole rings is 1. The second-order valence-corrected chi connectivity index (χ2v) is 6.86. The average molecular weight is 390 g/mol. The lowest BCUT2D eigenvalue weighted by Gasteiger charge is -2.34. The van der Waals surface area contributed by atoms with Crippen LogP contribution in [0.3, 0.4) is 0 Å². The van der Waals surface area contributed by atoms with Crippen molar-refractivity contribution in [2.75, 3.05) is 18.0 Å². The molecule has 1 N–H and O–H groups in total. The number of benzene rings is 2. The van der Waals surface area contributed by atoms with Gasteiger partial charge in [0, 0.05) is 36.8 Å². The van der Waals surface area contributed by atoms with E-state index in [4.69, 9.17) is 0 Å². The zero-order valence-electron chi connectivity index (χ0n) is 14.7. The van der Waals surface area contributed by atoms with E-state index in [2.05, 4.69) is 9.97 Å². The summed E-state index contributed by atoms with van der Waals surface area (Å²) in [7, 11) is 0. The molecule has 0 atom stereocenters. The standard InChI is InChI=1S/C19H17F3N4O2/c20-19(21,22)14-11-13(26(27)28)5-6-17(14)25-9-7-12(8-10-25)18-23-15-3-1-2-4-16(15)24-18/h1-6,11-12H,7-10H2,(H,23,24). The van der Waals surface area contributed by atoms with E-state index < -0.39 is 22.4 Å². The number of fused-ring (bicyclic) bond motifs is 1. The zero-order chi connectivity index (χ0) is 19.9. The zero-order valence-corrected chi connectivity index (χ0v) is 14.7. The second kappa shape index (κ2) is 6.81. The summed E-state index contributed by atoms with van der Waals surface area (Å²) in [6.45, 7) is 0.838. The summed E-state index contributed by atoms with van der Waals surface area (Å²) in [6.07, 6.45) is -3.36. The minimum absolute atomic E-state index is 0.0128. The van der Waals surface area contributed by atoms with Gasteiger partial charge in [0.15, 0.2) is 0 Å². The first-order valence-corrected chi connectivity index (χ1v) is 8.88. The van der Waals surface area contributed by atoms with Gasteiger partial charge in [-0.3, -0.25) is 10.1 Å². The third-order valence-corrected chi connectivity index (χ3v) is 5.13. The minimum atomic E-state index is -4.66. The number of nitrogens with zero attached hydrogens (tertiary/aromatic N) is 3. The van der Waals surface area contributed by atoms with Crippen molar-refractivity contribution < 1.29 is 18.1 Å². The summed E-state index contributed by atoms with van der Waals surface area (Å²) in [5.41, 5.74) is 0.266. The van der Waals surface area contributed by atoms with Gasteiger partial charge in [0.05, 0.1) is 21.5 Å². The van der Waals surface area contributed by atoms with Gasteiger partial charge < -0.3 is 9.88 Å².